The van der Waals surface area contributed by atoms with Crippen LogP contribution in [0.5, 0.6) is 0 Å². The highest BCUT2D eigenvalue weighted by atomic mass is 16.8. The number of ether oxygens (including phenoxy) is 1. The Bertz CT molecular complexity index is 1400. The molecule has 0 saturated carbocycles. The molecule has 0 unspecified atom stereocenters. The van der Waals surface area contributed by atoms with Gasteiger partial charge in [0, 0.05) is 37.7 Å². The molecule has 3 N–H and O–H groups in total. The molecule has 13 heteroatoms. The van der Waals surface area contributed by atoms with Crippen molar-refractivity contribution in [3.63, 3.8) is 0 Å². The Balaban J connectivity index is 1.50. The number of carboxylic acid groups (broad SMARTS) is 1. The summed E-state index contributed by atoms with van der Waals surface area (Å²) in [6.07, 6.45) is -1.27. The van der Waals surface area contributed by atoms with Gasteiger partial charge < -0.3 is 30.2 Å². The number of aliphatic carboxylic acids is 1. The Hall–Kier alpha value is -5.04. The van der Waals surface area contributed by atoms with E-state index in [4.69, 9.17) is 9.57 Å². The van der Waals surface area contributed by atoms with Gasteiger partial charge in [0.1, 0.15) is 17.6 Å². The van der Waals surface area contributed by atoms with Gasteiger partial charge in [0.15, 0.2) is 5.82 Å². The van der Waals surface area contributed by atoms with Crippen LogP contribution in [0, 0.1) is 0 Å². The van der Waals surface area contributed by atoms with Crippen LogP contribution in [0.3, 0.4) is 0 Å². The fourth-order valence-electron chi connectivity index (χ4n) is 4.39. The largest absolute Gasteiger partial charge is 0.527 e. The van der Waals surface area contributed by atoms with Crippen LogP contribution in [-0.4, -0.2) is 87.8 Å². The van der Waals surface area contributed by atoms with Crippen LogP contribution in [0.15, 0.2) is 66.7 Å². The standard InChI is InChI=1S/C30H34N6O7/c1-2-42-30(41)43-36-17-15-35(16-18-36)29(40)23(13-14-26(37)38)33-28(39)24-19-25(31-20-21-9-5-3-6-10-21)34-27(32-24)22-11-7-4-8-12-22/h3-12,19,23H,2,13-18,20H2,1H3,(H,33,39)(H,37,38)(H,31,32,34)/t23-/m0/s1. The number of benzene rings is 2. The van der Waals surface area contributed by atoms with Gasteiger partial charge in [0.05, 0.1) is 19.7 Å². The van der Waals surface area contributed by atoms with Gasteiger partial charge in [-0.1, -0.05) is 60.7 Å². The number of aromatic nitrogens is 2. The Morgan fingerprint density at radius 1 is 0.953 bits per heavy atom. The molecule has 4 rings (SSSR count). The van der Waals surface area contributed by atoms with Crippen molar-refractivity contribution >= 4 is 29.8 Å². The van der Waals surface area contributed by atoms with E-state index < -0.39 is 30.0 Å². The van der Waals surface area contributed by atoms with Crippen molar-refractivity contribution in [1.29, 1.82) is 0 Å². The van der Waals surface area contributed by atoms with E-state index in [9.17, 15) is 24.3 Å². The molecule has 226 valence electrons. The lowest BCUT2D eigenvalue weighted by atomic mass is 10.1. The summed E-state index contributed by atoms with van der Waals surface area (Å²) < 4.78 is 4.78. The second kappa shape index (κ2) is 15.3. The Labute approximate surface area is 248 Å². The zero-order valence-corrected chi connectivity index (χ0v) is 23.8. The zero-order chi connectivity index (χ0) is 30.6. The van der Waals surface area contributed by atoms with Gasteiger partial charge in [0.2, 0.25) is 5.91 Å². The molecule has 1 aliphatic rings. The summed E-state index contributed by atoms with van der Waals surface area (Å²) in [4.78, 5) is 65.6. The van der Waals surface area contributed by atoms with Crippen LogP contribution in [0.25, 0.3) is 11.4 Å². The molecule has 1 aromatic heterocycles. The minimum atomic E-state index is -1.11. The molecule has 1 atom stereocenters. The second-order valence-corrected chi connectivity index (χ2v) is 9.65. The molecule has 0 spiro atoms. The highest BCUT2D eigenvalue weighted by molar-refractivity contribution is 5.97. The number of carbonyl (C=O) groups is 4. The van der Waals surface area contributed by atoms with Crippen LogP contribution in [0.1, 0.15) is 35.8 Å². The first kappa shape index (κ1) is 30.9. The fourth-order valence-corrected chi connectivity index (χ4v) is 4.39. The maximum atomic E-state index is 13.5. The Kier molecular flexibility index (Phi) is 11.0. The quantitative estimate of drug-likeness (QED) is 0.266. The van der Waals surface area contributed by atoms with Crippen molar-refractivity contribution in [2.75, 3.05) is 38.1 Å². The van der Waals surface area contributed by atoms with Crippen molar-refractivity contribution in [2.24, 2.45) is 0 Å². The first-order valence-corrected chi connectivity index (χ1v) is 14.0. The number of hydrogen-bond acceptors (Lipinski definition) is 10. The average molecular weight is 591 g/mol. The molecule has 0 radical (unpaired) electrons. The molecule has 43 heavy (non-hydrogen) atoms. The first-order chi connectivity index (χ1) is 20.8. The summed E-state index contributed by atoms with van der Waals surface area (Å²) in [5.74, 6) is -1.45. The number of nitrogens with zero attached hydrogens (tertiary/aromatic N) is 4. The summed E-state index contributed by atoms with van der Waals surface area (Å²) in [7, 11) is 0. The molecule has 2 heterocycles. The van der Waals surface area contributed by atoms with Crippen molar-refractivity contribution in [3.8, 4) is 11.4 Å². The Morgan fingerprint density at radius 2 is 1.63 bits per heavy atom. The third kappa shape index (κ3) is 9.23. The molecule has 0 aliphatic carbocycles. The summed E-state index contributed by atoms with van der Waals surface area (Å²) >= 11 is 0. The number of hydrogen-bond donors (Lipinski definition) is 3. The third-order valence-corrected chi connectivity index (χ3v) is 6.57. The second-order valence-electron chi connectivity index (χ2n) is 9.65. The lowest BCUT2D eigenvalue weighted by molar-refractivity contribution is -0.157. The Morgan fingerprint density at radius 3 is 2.28 bits per heavy atom. The zero-order valence-electron chi connectivity index (χ0n) is 23.8. The van der Waals surface area contributed by atoms with E-state index in [2.05, 4.69) is 20.6 Å². The highest BCUT2D eigenvalue weighted by Gasteiger charge is 2.31. The predicted molar refractivity (Wildman–Crippen MR) is 156 cm³/mol. The number of piperazine rings is 1. The average Bonchev–Trinajstić information content (AvgIpc) is 3.02. The minimum absolute atomic E-state index is 0.0187. The summed E-state index contributed by atoms with van der Waals surface area (Å²) in [6.45, 7) is 3.16. The monoisotopic (exact) mass is 590 g/mol. The molecule has 13 nitrogen and oxygen atoms in total. The number of hydroxylamine groups is 2. The van der Waals surface area contributed by atoms with Gasteiger partial charge in [-0.15, -0.1) is 5.06 Å². The summed E-state index contributed by atoms with van der Waals surface area (Å²) in [5.41, 5.74) is 1.73. The van der Waals surface area contributed by atoms with Crippen molar-refractivity contribution < 1.29 is 33.9 Å². The number of carbonyl (C=O) groups excluding carboxylic acids is 3. The van der Waals surface area contributed by atoms with Crippen LogP contribution in [0.2, 0.25) is 0 Å². The van der Waals surface area contributed by atoms with Gasteiger partial charge in [-0.05, 0) is 18.9 Å². The summed E-state index contributed by atoms with van der Waals surface area (Å²) in [5, 5.41) is 16.6. The van der Waals surface area contributed by atoms with E-state index in [0.717, 1.165) is 5.56 Å². The minimum Gasteiger partial charge on any atom is -0.481 e. The van der Waals surface area contributed by atoms with E-state index in [1.54, 1.807) is 6.92 Å². The van der Waals surface area contributed by atoms with Gasteiger partial charge in [-0.2, -0.15) is 0 Å². The molecular weight excluding hydrogens is 556 g/mol. The van der Waals surface area contributed by atoms with Gasteiger partial charge >= 0.3 is 12.1 Å². The molecule has 3 aromatic rings. The highest BCUT2D eigenvalue weighted by Crippen LogP contribution is 2.19. The fraction of sp³-hybridized carbons (Fsp3) is 0.333. The van der Waals surface area contributed by atoms with Gasteiger partial charge in [-0.3, -0.25) is 14.4 Å². The number of anilines is 1. The number of rotatable bonds is 12. The van der Waals surface area contributed by atoms with Crippen molar-refractivity contribution in [3.05, 3.63) is 78.0 Å². The maximum Gasteiger partial charge on any atom is 0.527 e. The van der Waals surface area contributed by atoms with E-state index >= 15 is 0 Å². The molecule has 1 aliphatic heterocycles. The van der Waals surface area contributed by atoms with E-state index in [-0.39, 0.29) is 51.3 Å². The van der Waals surface area contributed by atoms with Crippen LogP contribution in [-0.2, 0) is 25.7 Å². The smallest absolute Gasteiger partial charge is 0.481 e. The molecule has 2 aromatic carbocycles. The number of carboxylic acids is 1. The van der Waals surface area contributed by atoms with Gasteiger partial charge in [-0.25, -0.2) is 14.8 Å². The van der Waals surface area contributed by atoms with Gasteiger partial charge in [0.25, 0.3) is 5.91 Å². The van der Waals surface area contributed by atoms with E-state index in [0.29, 0.717) is 23.8 Å². The van der Waals surface area contributed by atoms with Crippen molar-refractivity contribution in [2.45, 2.75) is 32.4 Å². The van der Waals surface area contributed by atoms with E-state index in [1.165, 1.54) is 16.0 Å². The molecule has 1 fully saturated rings. The van der Waals surface area contributed by atoms with E-state index in [1.807, 2.05) is 60.7 Å². The third-order valence-electron chi connectivity index (χ3n) is 6.57. The topological polar surface area (TPSA) is 163 Å². The first-order valence-electron chi connectivity index (χ1n) is 14.0. The molecule has 0 bridgehead atoms. The lowest BCUT2D eigenvalue weighted by Crippen LogP contribution is -2.55. The maximum absolute atomic E-state index is 13.5. The van der Waals surface area contributed by atoms with Crippen LogP contribution in [0.4, 0.5) is 10.6 Å². The summed E-state index contributed by atoms with van der Waals surface area (Å²) in [6, 6.07) is 19.2. The molecular formula is C30H34N6O7. The molecule has 1 saturated heterocycles. The van der Waals surface area contributed by atoms with Crippen molar-refractivity contribution in [1.82, 2.24) is 25.2 Å². The van der Waals surface area contributed by atoms with Crippen LogP contribution < -0.4 is 10.6 Å². The lowest BCUT2D eigenvalue weighted by Gasteiger charge is -2.35. The van der Waals surface area contributed by atoms with Crippen LogP contribution >= 0.6 is 0 Å². The normalized spacial score (nSPS) is 13.9. The SMILES string of the molecule is CCOC(=O)ON1CCN(C(=O)[C@H](CCC(=O)O)NC(=O)c2cc(NCc3ccccc3)nc(-c3ccccc3)n2)CC1. The number of nitrogens with one attached hydrogen (secondary N) is 2. The predicted octanol–water partition coefficient (Wildman–Crippen LogP) is 2.95. The molecule has 2 amide bonds. The number of amides is 2.